The van der Waals surface area contributed by atoms with Crippen LogP contribution in [0.1, 0.15) is 26.2 Å². The first-order valence-corrected chi connectivity index (χ1v) is 7.25. The molecule has 0 aromatic heterocycles. The summed E-state index contributed by atoms with van der Waals surface area (Å²) in [6, 6.07) is -0.829. The predicted molar refractivity (Wildman–Crippen MR) is 77.9 cm³/mol. The first kappa shape index (κ1) is 17.3. The summed E-state index contributed by atoms with van der Waals surface area (Å²) in [6.07, 6.45) is 1.55. The topological polar surface area (TPSA) is 81.2 Å². The van der Waals surface area contributed by atoms with E-state index in [1.165, 1.54) is 9.80 Å². The van der Waals surface area contributed by atoms with Crippen molar-refractivity contribution in [3.05, 3.63) is 0 Å². The Labute approximate surface area is 125 Å². The molecule has 21 heavy (non-hydrogen) atoms. The molecule has 0 aliphatic carbocycles. The van der Waals surface area contributed by atoms with Gasteiger partial charge in [-0.25, -0.2) is 9.59 Å². The van der Waals surface area contributed by atoms with Gasteiger partial charge in [-0.2, -0.15) is 0 Å². The van der Waals surface area contributed by atoms with E-state index < -0.39 is 12.0 Å². The molecule has 1 heterocycles. The lowest BCUT2D eigenvalue weighted by molar-refractivity contribution is -0.151. The number of rotatable bonds is 4. The zero-order chi connectivity index (χ0) is 16.2. The van der Waals surface area contributed by atoms with Crippen LogP contribution in [-0.4, -0.2) is 78.0 Å². The van der Waals surface area contributed by atoms with E-state index in [1.54, 1.807) is 33.0 Å². The van der Waals surface area contributed by atoms with E-state index in [4.69, 9.17) is 5.11 Å². The van der Waals surface area contributed by atoms with Gasteiger partial charge in [-0.15, -0.1) is 0 Å². The number of carbonyl (C=O) groups excluding carboxylic acids is 2. The van der Waals surface area contributed by atoms with E-state index in [1.807, 2.05) is 0 Å². The third-order valence-corrected chi connectivity index (χ3v) is 3.98. The largest absolute Gasteiger partial charge is 0.480 e. The van der Waals surface area contributed by atoms with Crippen LogP contribution in [0.4, 0.5) is 4.79 Å². The maximum atomic E-state index is 12.4. The molecular weight excluding hydrogens is 274 g/mol. The van der Waals surface area contributed by atoms with Crippen molar-refractivity contribution in [2.24, 2.45) is 5.92 Å². The Morgan fingerprint density at radius 3 is 2.10 bits per heavy atom. The van der Waals surface area contributed by atoms with E-state index >= 15 is 0 Å². The van der Waals surface area contributed by atoms with Gasteiger partial charge in [0, 0.05) is 40.2 Å². The molecule has 1 aliphatic rings. The van der Waals surface area contributed by atoms with Crippen LogP contribution < -0.4 is 0 Å². The van der Waals surface area contributed by atoms with Crippen LogP contribution in [0, 0.1) is 5.92 Å². The van der Waals surface area contributed by atoms with Crippen molar-refractivity contribution in [1.82, 2.24) is 14.7 Å². The highest BCUT2D eigenvalue weighted by Crippen LogP contribution is 2.21. The lowest BCUT2D eigenvalue weighted by Gasteiger charge is -2.35. The second kappa shape index (κ2) is 7.28. The van der Waals surface area contributed by atoms with Crippen LogP contribution in [0.5, 0.6) is 0 Å². The number of likely N-dealkylation sites (N-methyl/N-ethyl adjacent to an activating group) is 1. The molecule has 0 radical (unpaired) electrons. The average molecular weight is 299 g/mol. The van der Waals surface area contributed by atoms with E-state index in [9.17, 15) is 14.4 Å². The van der Waals surface area contributed by atoms with Crippen LogP contribution in [-0.2, 0) is 9.59 Å². The molecule has 1 fully saturated rings. The lowest BCUT2D eigenvalue weighted by atomic mass is 9.94. The third kappa shape index (κ3) is 4.09. The summed E-state index contributed by atoms with van der Waals surface area (Å²) in [5.41, 5.74) is 0. The summed E-state index contributed by atoms with van der Waals surface area (Å²) in [5.74, 6) is -1.32. The number of amides is 3. The van der Waals surface area contributed by atoms with E-state index in [-0.39, 0.29) is 17.9 Å². The number of carboxylic acid groups (broad SMARTS) is 1. The molecule has 0 spiro atoms. The van der Waals surface area contributed by atoms with Crippen LogP contribution in [0.25, 0.3) is 0 Å². The molecule has 1 rings (SSSR count). The molecule has 1 N–H and O–H groups in total. The fourth-order valence-electron chi connectivity index (χ4n) is 2.66. The SMILES string of the molecule is CCC(C(=O)O)N(C)C(=O)C1CCN(C(=O)N(C)C)CC1. The maximum absolute atomic E-state index is 12.4. The summed E-state index contributed by atoms with van der Waals surface area (Å²) in [5, 5.41) is 9.11. The monoisotopic (exact) mass is 299 g/mol. The summed E-state index contributed by atoms with van der Waals surface area (Å²) >= 11 is 0. The second-order valence-electron chi connectivity index (χ2n) is 5.65. The summed E-state index contributed by atoms with van der Waals surface area (Å²) in [6.45, 7) is 2.82. The summed E-state index contributed by atoms with van der Waals surface area (Å²) in [7, 11) is 4.94. The quantitative estimate of drug-likeness (QED) is 0.828. The van der Waals surface area contributed by atoms with Crippen molar-refractivity contribution in [2.75, 3.05) is 34.2 Å². The first-order chi connectivity index (χ1) is 9.79. The minimum Gasteiger partial charge on any atom is -0.480 e. The zero-order valence-corrected chi connectivity index (χ0v) is 13.2. The molecular formula is C14H25N3O4. The molecule has 7 heteroatoms. The standard InChI is InChI=1S/C14H25N3O4/c1-5-11(13(19)20)16(4)12(18)10-6-8-17(9-7-10)14(21)15(2)3/h10-11H,5-9H2,1-4H3,(H,19,20). The molecule has 3 amide bonds. The second-order valence-corrected chi connectivity index (χ2v) is 5.65. The summed E-state index contributed by atoms with van der Waals surface area (Å²) < 4.78 is 0. The minimum absolute atomic E-state index is 0.0498. The van der Waals surface area contributed by atoms with E-state index in [0.717, 1.165) is 0 Å². The van der Waals surface area contributed by atoms with Gasteiger partial charge < -0.3 is 19.8 Å². The molecule has 0 saturated carbocycles. The normalized spacial score (nSPS) is 17.2. The zero-order valence-electron chi connectivity index (χ0n) is 13.2. The van der Waals surface area contributed by atoms with Crippen molar-refractivity contribution in [2.45, 2.75) is 32.2 Å². The molecule has 0 aromatic carbocycles. The van der Waals surface area contributed by atoms with Gasteiger partial charge >= 0.3 is 12.0 Å². The number of hydrogen-bond donors (Lipinski definition) is 1. The molecule has 120 valence electrons. The fraction of sp³-hybridized carbons (Fsp3) is 0.786. The lowest BCUT2D eigenvalue weighted by Crippen LogP contribution is -2.49. The number of piperidine rings is 1. The molecule has 1 unspecified atom stereocenters. The van der Waals surface area contributed by atoms with Gasteiger partial charge in [0.2, 0.25) is 5.91 Å². The molecule has 7 nitrogen and oxygen atoms in total. The van der Waals surface area contributed by atoms with Crippen molar-refractivity contribution in [3.63, 3.8) is 0 Å². The van der Waals surface area contributed by atoms with Crippen molar-refractivity contribution in [1.29, 1.82) is 0 Å². The first-order valence-electron chi connectivity index (χ1n) is 7.25. The van der Waals surface area contributed by atoms with Crippen molar-refractivity contribution >= 4 is 17.9 Å². The Kier molecular flexibility index (Phi) is 5.99. The van der Waals surface area contributed by atoms with Crippen molar-refractivity contribution in [3.8, 4) is 0 Å². The molecule has 1 aliphatic heterocycles. The Bertz CT molecular complexity index is 403. The average Bonchev–Trinajstić information content (AvgIpc) is 2.46. The Morgan fingerprint density at radius 2 is 1.71 bits per heavy atom. The van der Waals surface area contributed by atoms with Crippen LogP contribution in [0.2, 0.25) is 0 Å². The number of urea groups is 1. The predicted octanol–water partition coefficient (Wildman–Crippen LogP) is 0.702. The maximum Gasteiger partial charge on any atom is 0.326 e. The van der Waals surface area contributed by atoms with Gasteiger partial charge in [0.1, 0.15) is 6.04 Å². The number of aliphatic carboxylic acids is 1. The third-order valence-electron chi connectivity index (χ3n) is 3.98. The van der Waals surface area contributed by atoms with Gasteiger partial charge in [0.05, 0.1) is 0 Å². The Balaban J connectivity index is 2.59. The van der Waals surface area contributed by atoms with Gasteiger partial charge in [-0.05, 0) is 19.3 Å². The van der Waals surface area contributed by atoms with E-state index in [0.29, 0.717) is 32.4 Å². The van der Waals surface area contributed by atoms with Gasteiger partial charge in [0.15, 0.2) is 0 Å². The molecule has 0 aromatic rings. The van der Waals surface area contributed by atoms with Gasteiger partial charge in [0.25, 0.3) is 0 Å². The smallest absolute Gasteiger partial charge is 0.326 e. The van der Waals surface area contributed by atoms with Gasteiger partial charge in [-0.1, -0.05) is 6.92 Å². The number of likely N-dealkylation sites (tertiary alicyclic amines) is 1. The Hall–Kier alpha value is -1.79. The fourth-order valence-corrected chi connectivity index (χ4v) is 2.66. The van der Waals surface area contributed by atoms with Crippen LogP contribution >= 0.6 is 0 Å². The molecule has 1 saturated heterocycles. The van der Waals surface area contributed by atoms with Gasteiger partial charge in [-0.3, -0.25) is 4.79 Å². The van der Waals surface area contributed by atoms with Crippen molar-refractivity contribution < 1.29 is 19.5 Å². The van der Waals surface area contributed by atoms with E-state index in [2.05, 4.69) is 0 Å². The highest BCUT2D eigenvalue weighted by molar-refractivity contribution is 5.85. The number of hydrogen-bond acceptors (Lipinski definition) is 3. The minimum atomic E-state index is -0.978. The molecule has 1 atom stereocenters. The Morgan fingerprint density at radius 1 is 1.19 bits per heavy atom. The highest BCUT2D eigenvalue weighted by Gasteiger charge is 2.33. The van der Waals surface area contributed by atoms with Crippen LogP contribution in [0.3, 0.4) is 0 Å². The highest BCUT2D eigenvalue weighted by atomic mass is 16.4. The number of carboxylic acids is 1. The number of nitrogens with zero attached hydrogens (tertiary/aromatic N) is 3. The van der Waals surface area contributed by atoms with Crippen LogP contribution in [0.15, 0.2) is 0 Å². The molecule has 0 bridgehead atoms. The number of carbonyl (C=O) groups is 3. The summed E-state index contributed by atoms with van der Waals surface area (Å²) in [4.78, 5) is 39.9.